The van der Waals surface area contributed by atoms with Crippen LogP contribution < -0.4 is 10.4 Å². The number of fused-ring (bicyclic) bond motifs is 1. The Bertz CT molecular complexity index is 376. The van der Waals surface area contributed by atoms with Gasteiger partial charge in [-0.15, -0.1) is 0 Å². The van der Waals surface area contributed by atoms with Gasteiger partial charge in [0, 0.05) is 5.02 Å². The highest BCUT2D eigenvalue weighted by molar-refractivity contribution is 6.30. The van der Waals surface area contributed by atoms with Gasteiger partial charge in [0.1, 0.15) is 0 Å². The summed E-state index contributed by atoms with van der Waals surface area (Å²) in [6.45, 7) is 0. The second-order valence-corrected chi connectivity index (χ2v) is 3.14. The second-order valence-electron chi connectivity index (χ2n) is 2.73. The molecule has 1 aliphatic carbocycles. The number of hydrogen-bond acceptors (Lipinski definition) is 0. The first-order valence-corrected chi connectivity index (χ1v) is 4.20. The third-order valence-electron chi connectivity index (χ3n) is 1.97. The molecule has 0 radical (unpaired) electrons. The maximum absolute atomic E-state index is 5.99. The molecule has 0 heterocycles. The molecule has 0 spiro atoms. The van der Waals surface area contributed by atoms with Crippen LogP contribution in [0.15, 0.2) is 18.2 Å². The maximum Gasteiger partial charge on any atom is 0.0481 e. The molecule has 0 bridgehead atoms. The summed E-state index contributed by atoms with van der Waals surface area (Å²) in [7, 11) is 0. The molecule has 0 atom stereocenters. The Balaban J connectivity index is 2.88. The van der Waals surface area contributed by atoms with Crippen molar-refractivity contribution in [3.63, 3.8) is 0 Å². The molecule has 0 aliphatic heterocycles. The number of rotatable bonds is 0. The van der Waals surface area contributed by atoms with Crippen molar-refractivity contribution >= 4 is 23.8 Å². The van der Waals surface area contributed by atoms with Crippen molar-refractivity contribution in [2.75, 3.05) is 0 Å². The molecular weight excluding hydrogens is 156 g/mol. The third kappa shape index (κ3) is 1.19. The number of benzene rings is 1. The summed E-state index contributed by atoms with van der Waals surface area (Å²) in [5, 5.41) is 3.36. The SMILES string of the molecule is Clc1cccc2c1=CCCC=2. The fraction of sp³-hybridized carbons (Fsp3) is 0.200. The summed E-state index contributed by atoms with van der Waals surface area (Å²) in [6.07, 6.45) is 6.71. The summed E-state index contributed by atoms with van der Waals surface area (Å²) < 4.78 is 0. The minimum Gasteiger partial charge on any atom is -0.0837 e. The molecule has 1 aromatic rings. The Morgan fingerprint density at radius 3 is 2.73 bits per heavy atom. The van der Waals surface area contributed by atoms with Crippen molar-refractivity contribution in [2.24, 2.45) is 0 Å². The second kappa shape index (κ2) is 2.71. The van der Waals surface area contributed by atoms with Crippen LogP contribution in [-0.4, -0.2) is 0 Å². The first kappa shape index (κ1) is 6.93. The van der Waals surface area contributed by atoms with E-state index in [4.69, 9.17) is 11.6 Å². The first-order valence-electron chi connectivity index (χ1n) is 3.83. The molecule has 0 unspecified atom stereocenters. The van der Waals surface area contributed by atoms with Crippen LogP contribution in [0.25, 0.3) is 12.2 Å². The lowest BCUT2D eigenvalue weighted by Gasteiger charge is -2.00. The Kier molecular flexibility index (Phi) is 1.71. The Morgan fingerprint density at radius 2 is 1.91 bits per heavy atom. The summed E-state index contributed by atoms with van der Waals surface area (Å²) in [6, 6.07) is 6.05. The van der Waals surface area contributed by atoms with Crippen molar-refractivity contribution in [1.29, 1.82) is 0 Å². The van der Waals surface area contributed by atoms with E-state index in [2.05, 4.69) is 18.2 Å². The highest BCUT2D eigenvalue weighted by atomic mass is 35.5. The summed E-state index contributed by atoms with van der Waals surface area (Å²) in [5.41, 5.74) is 0. The predicted molar refractivity (Wildman–Crippen MR) is 48.9 cm³/mol. The molecule has 0 aromatic heterocycles. The van der Waals surface area contributed by atoms with Gasteiger partial charge in [0.2, 0.25) is 0 Å². The van der Waals surface area contributed by atoms with Gasteiger partial charge in [0.15, 0.2) is 0 Å². The molecule has 11 heavy (non-hydrogen) atoms. The lowest BCUT2D eigenvalue weighted by atomic mass is 10.1. The standard InChI is InChI=1S/C10H9Cl/c11-10-7-3-5-8-4-1-2-6-9(8)10/h3-7H,1-2H2. The molecular formula is C10H9Cl. The van der Waals surface area contributed by atoms with Gasteiger partial charge in [-0.3, -0.25) is 0 Å². The highest BCUT2D eigenvalue weighted by Gasteiger charge is 1.95. The molecule has 0 amide bonds. The van der Waals surface area contributed by atoms with Crippen molar-refractivity contribution in [3.05, 3.63) is 33.7 Å². The predicted octanol–water partition coefficient (Wildman–Crippen LogP) is 1.69. The average Bonchev–Trinajstić information content (AvgIpc) is 2.06. The number of halogens is 1. The Hall–Kier alpha value is -0.750. The van der Waals surface area contributed by atoms with Crippen LogP contribution >= 0.6 is 11.6 Å². The van der Waals surface area contributed by atoms with Crippen LogP contribution in [0.2, 0.25) is 5.02 Å². The van der Waals surface area contributed by atoms with Crippen molar-refractivity contribution < 1.29 is 0 Å². The van der Waals surface area contributed by atoms with Gasteiger partial charge in [-0.2, -0.15) is 0 Å². The minimum absolute atomic E-state index is 0.874. The normalized spacial score (nSPS) is 14.6. The van der Waals surface area contributed by atoms with E-state index < -0.39 is 0 Å². The zero-order valence-electron chi connectivity index (χ0n) is 6.18. The van der Waals surface area contributed by atoms with E-state index in [1.807, 2.05) is 12.1 Å². The fourth-order valence-corrected chi connectivity index (χ4v) is 1.67. The minimum atomic E-state index is 0.874. The molecule has 0 saturated heterocycles. The summed E-state index contributed by atoms with van der Waals surface area (Å²) in [5.74, 6) is 0. The molecule has 1 aliphatic rings. The zero-order valence-corrected chi connectivity index (χ0v) is 6.93. The topological polar surface area (TPSA) is 0 Å². The van der Waals surface area contributed by atoms with Crippen LogP contribution in [0.3, 0.4) is 0 Å². The summed E-state index contributed by atoms with van der Waals surface area (Å²) >= 11 is 5.99. The first-order chi connectivity index (χ1) is 5.38. The van der Waals surface area contributed by atoms with Crippen molar-refractivity contribution in [2.45, 2.75) is 12.8 Å². The molecule has 0 saturated carbocycles. The quantitative estimate of drug-likeness (QED) is 0.548. The van der Waals surface area contributed by atoms with Gasteiger partial charge in [-0.25, -0.2) is 0 Å². The van der Waals surface area contributed by atoms with Gasteiger partial charge < -0.3 is 0 Å². The molecule has 0 nitrogen and oxygen atoms in total. The molecule has 2 rings (SSSR count). The lowest BCUT2D eigenvalue weighted by Crippen LogP contribution is -2.26. The van der Waals surface area contributed by atoms with E-state index in [9.17, 15) is 0 Å². The van der Waals surface area contributed by atoms with E-state index in [-0.39, 0.29) is 0 Å². The van der Waals surface area contributed by atoms with Gasteiger partial charge in [0.05, 0.1) is 0 Å². The smallest absolute Gasteiger partial charge is 0.0481 e. The summed E-state index contributed by atoms with van der Waals surface area (Å²) in [4.78, 5) is 0. The van der Waals surface area contributed by atoms with Gasteiger partial charge in [-0.05, 0) is 29.3 Å². The average molecular weight is 165 g/mol. The van der Waals surface area contributed by atoms with E-state index in [0.29, 0.717) is 0 Å². The molecule has 56 valence electrons. The van der Waals surface area contributed by atoms with E-state index in [0.717, 1.165) is 17.9 Å². The Morgan fingerprint density at radius 1 is 1.09 bits per heavy atom. The van der Waals surface area contributed by atoms with Crippen LogP contribution in [0, 0.1) is 0 Å². The largest absolute Gasteiger partial charge is 0.0837 e. The molecule has 1 aromatic carbocycles. The van der Waals surface area contributed by atoms with Gasteiger partial charge in [0.25, 0.3) is 0 Å². The lowest BCUT2D eigenvalue weighted by molar-refractivity contribution is 1.12. The number of hydrogen-bond donors (Lipinski definition) is 0. The zero-order chi connectivity index (χ0) is 7.68. The van der Waals surface area contributed by atoms with E-state index in [1.54, 1.807) is 0 Å². The third-order valence-corrected chi connectivity index (χ3v) is 2.30. The van der Waals surface area contributed by atoms with Crippen LogP contribution in [-0.2, 0) is 0 Å². The monoisotopic (exact) mass is 164 g/mol. The molecule has 1 heteroatoms. The van der Waals surface area contributed by atoms with Crippen LogP contribution in [0.1, 0.15) is 12.8 Å². The van der Waals surface area contributed by atoms with Crippen LogP contribution in [0.5, 0.6) is 0 Å². The van der Waals surface area contributed by atoms with E-state index in [1.165, 1.54) is 10.4 Å². The maximum atomic E-state index is 5.99. The fourth-order valence-electron chi connectivity index (χ4n) is 1.41. The van der Waals surface area contributed by atoms with Crippen molar-refractivity contribution in [1.82, 2.24) is 0 Å². The van der Waals surface area contributed by atoms with E-state index >= 15 is 0 Å². The van der Waals surface area contributed by atoms with Gasteiger partial charge in [-0.1, -0.05) is 35.9 Å². The van der Waals surface area contributed by atoms with Crippen LogP contribution in [0.4, 0.5) is 0 Å². The molecule has 0 fully saturated rings. The molecule has 0 N–H and O–H groups in total. The van der Waals surface area contributed by atoms with Gasteiger partial charge >= 0.3 is 0 Å². The van der Waals surface area contributed by atoms with Crippen molar-refractivity contribution in [3.8, 4) is 0 Å². The Labute approximate surface area is 70.8 Å². The highest BCUT2D eigenvalue weighted by Crippen LogP contribution is 2.01.